The highest BCUT2D eigenvalue weighted by atomic mass is 16.6. The maximum Gasteiger partial charge on any atom is 0.410 e. The summed E-state index contributed by atoms with van der Waals surface area (Å²) < 4.78 is 16.3. The van der Waals surface area contributed by atoms with Crippen molar-refractivity contribution in [3.05, 3.63) is 0 Å². The molecule has 2 rings (SSSR count). The van der Waals surface area contributed by atoms with Gasteiger partial charge < -0.3 is 24.2 Å². The van der Waals surface area contributed by atoms with E-state index in [2.05, 4.69) is 9.98 Å². The molecule has 8 heteroatoms. The summed E-state index contributed by atoms with van der Waals surface area (Å²) in [6.45, 7) is 10.1. The number of likely N-dealkylation sites (tertiary alicyclic amines) is 1. The fraction of sp³-hybridized carbons (Fsp3) is 0.842. The van der Waals surface area contributed by atoms with E-state index < -0.39 is 29.9 Å². The Morgan fingerprint density at radius 3 is 2.22 bits per heavy atom. The zero-order valence-electron chi connectivity index (χ0n) is 17.4. The molecule has 1 fully saturated rings. The van der Waals surface area contributed by atoms with Gasteiger partial charge in [-0.3, -0.25) is 0 Å². The first-order chi connectivity index (χ1) is 12.6. The standard InChI is InChI=1S/C19H33N3O5/c1-11(2)13-16(25-6)21-14(17(20-13)26-7)15(23)12-9-8-10-22(12)18(24)27-19(3,4)5/h11-15,23H,8-10H2,1-7H3/t12-,13+,14-,15+/m0/s1. The lowest BCUT2D eigenvalue weighted by Gasteiger charge is -2.35. The Hall–Kier alpha value is -1.83. The van der Waals surface area contributed by atoms with Crippen LogP contribution in [0.2, 0.25) is 0 Å². The van der Waals surface area contributed by atoms with E-state index in [1.54, 1.807) is 12.0 Å². The van der Waals surface area contributed by atoms with Gasteiger partial charge in [0.15, 0.2) is 6.04 Å². The number of carbonyl (C=O) groups excluding carboxylic acids is 1. The van der Waals surface area contributed by atoms with Gasteiger partial charge in [-0.2, -0.15) is 0 Å². The van der Waals surface area contributed by atoms with Crippen molar-refractivity contribution >= 4 is 17.9 Å². The molecule has 0 saturated carbocycles. The molecule has 2 aliphatic heterocycles. The van der Waals surface area contributed by atoms with E-state index in [-0.39, 0.29) is 12.0 Å². The third-order valence-electron chi connectivity index (χ3n) is 4.73. The predicted molar refractivity (Wildman–Crippen MR) is 103 cm³/mol. The molecule has 0 aromatic carbocycles. The highest BCUT2D eigenvalue weighted by Gasteiger charge is 2.43. The third kappa shape index (κ3) is 4.91. The first-order valence-corrected chi connectivity index (χ1v) is 9.50. The van der Waals surface area contributed by atoms with Gasteiger partial charge in [-0.25, -0.2) is 14.8 Å². The normalized spacial score (nSPS) is 27.1. The molecule has 0 aromatic heterocycles. The van der Waals surface area contributed by atoms with Crippen LogP contribution in [0.3, 0.4) is 0 Å². The summed E-state index contributed by atoms with van der Waals surface area (Å²) in [5.41, 5.74) is -0.592. The average Bonchev–Trinajstić information content (AvgIpc) is 3.08. The summed E-state index contributed by atoms with van der Waals surface area (Å²) in [7, 11) is 3.07. The van der Waals surface area contributed by atoms with Crippen LogP contribution < -0.4 is 0 Å². The molecule has 1 amide bonds. The fourth-order valence-electron chi connectivity index (χ4n) is 3.45. The summed E-state index contributed by atoms with van der Waals surface area (Å²) in [6, 6.07) is -1.38. The monoisotopic (exact) mass is 383 g/mol. The van der Waals surface area contributed by atoms with Gasteiger partial charge in [-0.1, -0.05) is 13.8 Å². The predicted octanol–water partition coefficient (Wildman–Crippen LogP) is 2.24. The van der Waals surface area contributed by atoms with Gasteiger partial charge in [-0.15, -0.1) is 0 Å². The lowest BCUT2D eigenvalue weighted by molar-refractivity contribution is 0.00324. The van der Waals surface area contributed by atoms with Crippen LogP contribution in [-0.4, -0.2) is 78.5 Å². The van der Waals surface area contributed by atoms with Crippen LogP contribution in [0.4, 0.5) is 4.79 Å². The Morgan fingerprint density at radius 1 is 1.15 bits per heavy atom. The number of ether oxygens (including phenoxy) is 3. The van der Waals surface area contributed by atoms with Gasteiger partial charge in [-0.05, 0) is 39.5 Å². The molecule has 2 heterocycles. The molecule has 2 aliphatic rings. The molecule has 0 aromatic rings. The number of aliphatic imine (C=N–C) groups is 2. The molecular weight excluding hydrogens is 350 g/mol. The topological polar surface area (TPSA) is 93.0 Å². The van der Waals surface area contributed by atoms with Gasteiger partial charge in [0.05, 0.1) is 20.3 Å². The van der Waals surface area contributed by atoms with Crippen molar-refractivity contribution in [1.82, 2.24) is 4.90 Å². The third-order valence-corrected chi connectivity index (χ3v) is 4.73. The minimum atomic E-state index is -0.961. The Morgan fingerprint density at radius 2 is 1.70 bits per heavy atom. The van der Waals surface area contributed by atoms with E-state index in [4.69, 9.17) is 14.2 Å². The Balaban J connectivity index is 2.24. The quantitative estimate of drug-likeness (QED) is 0.807. The van der Waals surface area contributed by atoms with E-state index in [1.165, 1.54) is 7.11 Å². The highest BCUT2D eigenvalue weighted by molar-refractivity contribution is 5.94. The van der Waals surface area contributed by atoms with Crippen molar-refractivity contribution in [2.75, 3.05) is 20.8 Å². The second-order valence-electron chi connectivity index (χ2n) is 8.35. The average molecular weight is 383 g/mol. The molecule has 0 aliphatic carbocycles. The molecular formula is C19H33N3O5. The van der Waals surface area contributed by atoms with Crippen LogP contribution in [0, 0.1) is 5.92 Å². The largest absolute Gasteiger partial charge is 0.483 e. The second-order valence-corrected chi connectivity index (χ2v) is 8.35. The number of rotatable bonds is 3. The number of aliphatic hydroxyl groups is 1. The van der Waals surface area contributed by atoms with Crippen LogP contribution in [0.15, 0.2) is 9.98 Å². The second kappa shape index (κ2) is 8.46. The molecule has 154 valence electrons. The molecule has 0 bridgehead atoms. The molecule has 0 radical (unpaired) electrons. The first-order valence-electron chi connectivity index (χ1n) is 9.50. The Bertz CT molecular complexity index is 597. The van der Waals surface area contributed by atoms with Gasteiger partial charge >= 0.3 is 6.09 Å². The molecule has 1 N–H and O–H groups in total. The van der Waals surface area contributed by atoms with Gasteiger partial charge in [0.25, 0.3) is 0 Å². The molecule has 8 nitrogen and oxygen atoms in total. The van der Waals surface area contributed by atoms with Crippen LogP contribution in [0.25, 0.3) is 0 Å². The number of carbonyl (C=O) groups is 1. The first kappa shape index (κ1) is 21.5. The number of nitrogens with zero attached hydrogens (tertiary/aromatic N) is 3. The van der Waals surface area contributed by atoms with Crippen molar-refractivity contribution in [2.45, 2.75) is 77.3 Å². The van der Waals surface area contributed by atoms with Crippen LogP contribution >= 0.6 is 0 Å². The number of aliphatic hydroxyl groups excluding tert-OH is 1. The van der Waals surface area contributed by atoms with Gasteiger partial charge in [0.1, 0.15) is 17.7 Å². The fourth-order valence-corrected chi connectivity index (χ4v) is 3.45. The van der Waals surface area contributed by atoms with Crippen molar-refractivity contribution in [2.24, 2.45) is 15.9 Å². The molecule has 0 unspecified atom stereocenters. The Kier molecular flexibility index (Phi) is 6.72. The summed E-state index contributed by atoms with van der Waals surface area (Å²) in [6.07, 6.45) is 0.0749. The van der Waals surface area contributed by atoms with Crippen molar-refractivity contribution in [3.8, 4) is 0 Å². The van der Waals surface area contributed by atoms with E-state index >= 15 is 0 Å². The van der Waals surface area contributed by atoms with Crippen molar-refractivity contribution in [1.29, 1.82) is 0 Å². The lowest BCUT2D eigenvalue weighted by atomic mass is 9.97. The van der Waals surface area contributed by atoms with Crippen LogP contribution in [0.5, 0.6) is 0 Å². The smallest absolute Gasteiger partial charge is 0.410 e. The SMILES string of the molecule is COC1=N[C@H](C(C)C)C(OC)=N[C@H]1[C@H](O)[C@@H]1CCCN1C(=O)OC(C)(C)C. The summed E-state index contributed by atoms with van der Waals surface area (Å²) in [5, 5.41) is 11.1. The van der Waals surface area contributed by atoms with E-state index in [1.807, 2.05) is 34.6 Å². The highest BCUT2D eigenvalue weighted by Crippen LogP contribution is 2.28. The lowest BCUT2D eigenvalue weighted by Crippen LogP contribution is -2.52. The van der Waals surface area contributed by atoms with Gasteiger partial charge in [0, 0.05) is 6.54 Å². The summed E-state index contributed by atoms with van der Waals surface area (Å²) in [5.74, 6) is 1.01. The van der Waals surface area contributed by atoms with Gasteiger partial charge in [0.2, 0.25) is 11.8 Å². The zero-order valence-corrected chi connectivity index (χ0v) is 17.4. The van der Waals surface area contributed by atoms with Crippen molar-refractivity contribution in [3.63, 3.8) is 0 Å². The summed E-state index contributed by atoms with van der Waals surface area (Å²) in [4.78, 5) is 23.3. The molecule has 4 atom stereocenters. The minimum absolute atomic E-state index is 0.177. The maximum absolute atomic E-state index is 12.5. The van der Waals surface area contributed by atoms with E-state index in [0.717, 1.165) is 6.42 Å². The zero-order chi connectivity index (χ0) is 20.4. The van der Waals surface area contributed by atoms with Crippen molar-refractivity contribution < 1.29 is 24.1 Å². The van der Waals surface area contributed by atoms with Crippen LogP contribution in [0.1, 0.15) is 47.5 Å². The molecule has 27 heavy (non-hydrogen) atoms. The number of methoxy groups -OCH3 is 2. The minimum Gasteiger partial charge on any atom is -0.483 e. The van der Waals surface area contributed by atoms with Crippen LogP contribution in [-0.2, 0) is 14.2 Å². The number of hydrogen-bond acceptors (Lipinski definition) is 7. The maximum atomic E-state index is 12.5. The number of amides is 1. The van der Waals surface area contributed by atoms with E-state index in [9.17, 15) is 9.90 Å². The summed E-state index contributed by atoms with van der Waals surface area (Å²) >= 11 is 0. The molecule has 1 saturated heterocycles. The molecule has 0 spiro atoms. The Labute approximate surface area is 161 Å². The van der Waals surface area contributed by atoms with E-state index in [0.29, 0.717) is 24.8 Å². The number of hydrogen-bond donors (Lipinski definition) is 1.